The van der Waals surface area contributed by atoms with Gasteiger partial charge in [0, 0.05) is 5.02 Å². The average Bonchev–Trinajstić information content (AvgIpc) is 3.00. The minimum absolute atomic E-state index is 0.311. The van der Waals surface area contributed by atoms with Crippen molar-refractivity contribution in [1.29, 1.82) is 0 Å². The maximum absolute atomic E-state index is 6.00. The Morgan fingerprint density at radius 3 is 2.74 bits per heavy atom. The van der Waals surface area contributed by atoms with E-state index in [2.05, 4.69) is 28.1 Å². The third-order valence-corrected chi connectivity index (χ3v) is 4.97. The normalized spacial score (nSPS) is 14.4. The van der Waals surface area contributed by atoms with E-state index in [4.69, 9.17) is 21.1 Å². The van der Waals surface area contributed by atoms with Crippen molar-refractivity contribution in [2.45, 2.75) is 12.7 Å². The topological polar surface area (TPSA) is 18.5 Å². The van der Waals surface area contributed by atoms with Gasteiger partial charge in [0.2, 0.25) is 0 Å². The molecule has 0 atom stereocenters. The molecule has 3 rings (SSSR count). The molecule has 0 amide bonds. The number of thiophene rings is 1. The van der Waals surface area contributed by atoms with Crippen molar-refractivity contribution in [1.82, 2.24) is 0 Å². The molecule has 98 valence electrons. The summed E-state index contributed by atoms with van der Waals surface area (Å²) in [6, 6.07) is 10.00. The zero-order valence-corrected chi connectivity index (χ0v) is 13.0. The zero-order valence-electron chi connectivity index (χ0n) is 9.81. The zero-order chi connectivity index (χ0) is 13.2. The van der Waals surface area contributed by atoms with Crippen molar-refractivity contribution in [2.24, 2.45) is 0 Å². The molecule has 2 nitrogen and oxygen atoms in total. The SMILES string of the molecule is Clc1cccc(Cc2cc(C3OC=CO3)sc2Br)c1. The van der Waals surface area contributed by atoms with Gasteiger partial charge in [-0.2, -0.15) is 0 Å². The Labute approximate surface area is 128 Å². The lowest BCUT2D eigenvalue weighted by Crippen LogP contribution is -1.94. The van der Waals surface area contributed by atoms with E-state index in [1.807, 2.05) is 18.2 Å². The Morgan fingerprint density at radius 2 is 2.00 bits per heavy atom. The molecule has 1 aliphatic rings. The molecule has 1 aliphatic heterocycles. The molecule has 0 spiro atoms. The van der Waals surface area contributed by atoms with Crippen LogP contribution >= 0.6 is 38.9 Å². The molecule has 0 fully saturated rings. The monoisotopic (exact) mass is 356 g/mol. The first-order chi connectivity index (χ1) is 9.22. The lowest BCUT2D eigenvalue weighted by Gasteiger charge is -2.06. The smallest absolute Gasteiger partial charge is 0.275 e. The number of rotatable bonds is 3. The molecule has 0 N–H and O–H groups in total. The molecule has 5 heteroatoms. The fraction of sp³-hybridized carbons (Fsp3) is 0.143. The minimum atomic E-state index is -0.311. The largest absolute Gasteiger partial charge is 0.454 e. The highest BCUT2D eigenvalue weighted by Crippen LogP contribution is 2.36. The molecule has 0 unspecified atom stereocenters. The van der Waals surface area contributed by atoms with Crippen LogP contribution in [0.25, 0.3) is 0 Å². The number of hydrogen-bond donors (Lipinski definition) is 0. The number of hydrogen-bond acceptors (Lipinski definition) is 3. The van der Waals surface area contributed by atoms with Crippen molar-refractivity contribution in [3.05, 3.63) is 67.7 Å². The molecule has 2 aromatic rings. The van der Waals surface area contributed by atoms with E-state index in [0.29, 0.717) is 0 Å². The highest BCUT2D eigenvalue weighted by molar-refractivity contribution is 9.11. The van der Waals surface area contributed by atoms with E-state index in [9.17, 15) is 0 Å². The van der Waals surface area contributed by atoms with Gasteiger partial charge in [-0.25, -0.2) is 0 Å². The van der Waals surface area contributed by atoms with Gasteiger partial charge in [0.15, 0.2) is 0 Å². The Morgan fingerprint density at radius 1 is 1.21 bits per heavy atom. The molecule has 0 bridgehead atoms. The first-order valence-corrected chi connectivity index (χ1v) is 7.69. The van der Waals surface area contributed by atoms with Gasteiger partial charge in [-0.05, 0) is 51.7 Å². The highest BCUT2D eigenvalue weighted by Gasteiger charge is 2.20. The molecule has 1 aromatic carbocycles. The van der Waals surface area contributed by atoms with Crippen molar-refractivity contribution < 1.29 is 9.47 Å². The number of halogens is 2. The predicted molar refractivity (Wildman–Crippen MR) is 80.3 cm³/mol. The van der Waals surface area contributed by atoms with Crippen LogP contribution in [-0.2, 0) is 15.9 Å². The fourth-order valence-electron chi connectivity index (χ4n) is 1.90. The second-order valence-electron chi connectivity index (χ2n) is 4.13. The van der Waals surface area contributed by atoms with E-state index >= 15 is 0 Å². The standard InChI is InChI=1S/C14H10BrClO2S/c15-13-10(6-9-2-1-3-11(16)7-9)8-12(19-13)14-17-4-5-18-14/h1-5,7-8,14H,6H2. The third-order valence-electron chi connectivity index (χ3n) is 2.75. The Balaban J connectivity index is 1.81. The number of ether oxygens (including phenoxy) is 2. The summed E-state index contributed by atoms with van der Waals surface area (Å²) in [5.74, 6) is 0. The van der Waals surface area contributed by atoms with Crippen LogP contribution in [0.15, 0.2) is 46.6 Å². The summed E-state index contributed by atoms with van der Waals surface area (Å²) in [6.45, 7) is 0. The van der Waals surface area contributed by atoms with Gasteiger partial charge in [0.05, 0.1) is 8.66 Å². The van der Waals surface area contributed by atoms with Gasteiger partial charge in [0.1, 0.15) is 12.5 Å². The molecule has 0 radical (unpaired) electrons. The lowest BCUT2D eigenvalue weighted by molar-refractivity contribution is -0.0217. The van der Waals surface area contributed by atoms with Gasteiger partial charge in [-0.3, -0.25) is 0 Å². The van der Waals surface area contributed by atoms with Gasteiger partial charge in [0.25, 0.3) is 6.29 Å². The first kappa shape index (κ1) is 13.0. The molecule has 0 aliphatic carbocycles. The molecule has 2 heterocycles. The van der Waals surface area contributed by atoms with Crippen LogP contribution in [0.2, 0.25) is 5.02 Å². The summed E-state index contributed by atoms with van der Waals surface area (Å²) in [4.78, 5) is 1.05. The van der Waals surface area contributed by atoms with Crippen LogP contribution in [0, 0.1) is 0 Å². The Hall–Kier alpha value is -0.970. The van der Waals surface area contributed by atoms with Crippen LogP contribution in [0.1, 0.15) is 22.3 Å². The van der Waals surface area contributed by atoms with Crippen LogP contribution in [0.5, 0.6) is 0 Å². The molecular formula is C14H10BrClO2S. The van der Waals surface area contributed by atoms with Crippen molar-refractivity contribution >= 4 is 38.9 Å². The van der Waals surface area contributed by atoms with E-state index in [1.54, 1.807) is 23.9 Å². The van der Waals surface area contributed by atoms with E-state index in [-0.39, 0.29) is 6.29 Å². The second-order valence-corrected chi connectivity index (χ2v) is 6.97. The molecular weight excluding hydrogens is 348 g/mol. The minimum Gasteiger partial charge on any atom is -0.454 e. The van der Waals surface area contributed by atoms with E-state index < -0.39 is 0 Å². The fourth-order valence-corrected chi connectivity index (χ4v) is 3.81. The van der Waals surface area contributed by atoms with Gasteiger partial charge in [-0.1, -0.05) is 23.7 Å². The Kier molecular flexibility index (Phi) is 3.82. The van der Waals surface area contributed by atoms with Gasteiger partial charge in [-0.15, -0.1) is 11.3 Å². The molecule has 19 heavy (non-hydrogen) atoms. The first-order valence-electron chi connectivity index (χ1n) is 5.71. The summed E-state index contributed by atoms with van der Waals surface area (Å²) in [6.07, 6.45) is 3.65. The summed E-state index contributed by atoms with van der Waals surface area (Å²) in [7, 11) is 0. The van der Waals surface area contributed by atoms with Crippen LogP contribution in [0.3, 0.4) is 0 Å². The summed E-state index contributed by atoms with van der Waals surface area (Å²) in [5.41, 5.74) is 2.39. The van der Waals surface area contributed by atoms with E-state index in [0.717, 1.165) is 20.1 Å². The molecule has 0 saturated heterocycles. The molecule has 1 aromatic heterocycles. The summed E-state index contributed by atoms with van der Waals surface area (Å²) in [5, 5.41) is 0.760. The second kappa shape index (κ2) is 5.57. The predicted octanol–water partition coefficient (Wildman–Crippen LogP) is 5.27. The molecule has 0 saturated carbocycles. The van der Waals surface area contributed by atoms with Crippen molar-refractivity contribution in [3.63, 3.8) is 0 Å². The van der Waals surface area contributed by atoms with Crippen molar-refractivity contribution in [2.75, 3.05) is 0 Å². The average molecular weight is 358 g/mol. The van der Waals surface area contributed by atoms with Gasteiger partial charge < -0.3 is 9.47 Å². The van der Waals surface area contributed by atoms with Gasteiger partial charge >= 0.3 is 0 Å². The maximum atomic E-state index is 6.00. The van der Waals surface area contributed by atoms with Crippen molar-refractivity contribution in [3.8, 4) is 0 Å². The Bertz CT molecular complexity index is 616. The number of benzene rings is 1. The quantitative estimate of drug-likeness (QED) is 0.745. The lowest BCUT2D eigenvalue weighted by atomic mass is 10.1. The van der Waals surface area contributed by atoms with Crippen LogP contribution in [-0.4, -0.2) is 0 Å². The summed E-state index contributed by atoms with van der Waals surface area (Å²) >= 11 is 11.2. The summed E-state index contributed by atoms with van der Waals surface area (Å²) < 4.78 is 11.8. The maximum Gasteiger partial charge on any atom is 0.275 e. The highest BCUT2D eigenvalue weighted by atomic mass is 79.9. The van der Waals surface area contributed by atoms with E-state index in [1.165, 1.54) is 11.1 Å². The third kappa shape index (κ3) is 2.96. The van der Waals surface area contributed by atoms with Crippen LogP contribution in [0.4, 0.5) is 0 Å². The van der Waals surface area contributed by atoms with Crippen LogP contribution < -0.4 is 0 Å².